The van der Waals surface area contributed by atoms with E-state index in [1.54, 1.807) is 0 Å². The minimum atomic E-state index is -13.1. The third-order valence-corrected chi connectivity index (χ3v) is 18.2. The number of benzene rings is 4. The van der Waals surface area contributed by atoms with Gasteiger partial charge in [-0.05, 0) is 24.3 Å². The van der Waals surface area contributed by atoms with Crippen molar-refractivity contribution in [1.29, 1.82) is 0 Å². The zero-order chi connectivity index (χ0) is 59.2. The topological polar surface area (TPSA) is 0 Å². The van der Waals surface area contributed by atoms with Crippen molar-refractivity contribution >= 4 is 110 Å². The lowest BCUT2D eigenvalue weighted by Gasteiger charge is -2.52. The van der Waals surface area contributed by atoms with E-state index >= 15 is 0 Å². The van der Waals surface area contributed by atoms with Crippen molar-refractivity contribution in [2.75, 3.05) is 0 Å². The molecule has 0 saturated carbocycles. The van der Waals surface area contributed by atoms with E-state index in [0.29, 0.717) is 0 Å². The van der Waals surface area contributed by atoms with Crippen LogP contribution in [0.5, 0.6) is 0 Å². The Bertz CT molecular complexity index is 2540. The monoisotopic (exact) mass is 1330 g/mol. The molecule has 0 amide bonds. The van der Waals surface area contributed by atoms with Crippen LogP contribution in [-0.2, 0) is 0 Å². The summed E-state index contributed by atoms with van der Waals surface area (Å²) in [6.45, 7) is 0. The largest absolute Gasteiger partial charge is 0.310 e. The van der Waals surface area contributed by atoms with Gasteiger partial charge in [-0.25, -0.2) is 0 Å². The van der Waals surface area contributed by atoms with Crippen molar-refractivity contribution in [3.63, 3.8) is 0 Å². The SMILES string of the molecule is FS(F)(F)(F)(F)c1cc([B-](c2cc(S(F)(F)(F)(F)F)cc(S(F)(F)(F)(F)F)c2)(c2cc(S(F)(F)(F)(F)F)cc(S(F)(F)(F)(F)F)c2)c2cc(S(F)(F)(F)(F)F)cc(S(F)(F)(F)(F)F)c2)cc(S(F)(F)(F)(F)F)c1. The van der Waals surface area contributed by atoms with Crippen LogP contribution in [-0.4, -0.2) is 6.15 Å². The molecule has 49 heteroatoms. The van der Waals surface area contributed by atoms with Crippen LogP contribution in [0.15, 0.2) is 112 Å². The Kier molecular flexibility index (Phi) is 9.32. The highest BCUT2D eigenvalue weighted by Gasteiger charge is 2.75. The van der Waals surface area contributed by atoms with Gasteiger partial charge < -0.3 is 0 Å². The first-order valence-electron chi connectivity index (χ1n) is 15.9. The highest BCUT2D eigenvalue weighted by Crippen LogP contribution is 3.09. The average Bonchev–Trinajstić information content (AvgIpc) is 2.96. The molecule has 0 bridgehead atoms. The zero-order valence-electron chi connectivity index (χ0n) is 31.9. The van der Waals surface area contributed by atoms with Crippen LogP contribution in [0.1, 0.15) is 0 Å². The first-order chi connectivity index (χ1) is 29.2. The predicted octanol–water partition coefficient (Wildman–Crippen LogP) is 24.3. The van der Waals surface area contributed by atoms with Gasteiger partial charge in [0.15, 0.2) is 0 Å². The maximum Gasteiger partial charge on any atom is 0.310 e. The van der Waals surface area contributed by atoms with Gasteiger partial charge in [-0.15, -0.1) is 0 Å². The maximum absolute atomic E-state index is 14.4. The molecule has 4 rings (SSSR count). The lowest BCUT2D eigenvalue weighted by Crippen LogP contribution is -2.75. The molecule has 0 heterocycles. The van der Waals surface area contributed by atoms with Crippen LogP contribution in [0.3, 0.4) is 0 Å². The minimum Gasteiger partial charge on any atom is -0.192 e. The zero-order valence-corrected chi connectivity index (χ0v) is 38.4. The molecule has 0 nitrogen and oxygen atoms in total. The maximum atomic E-state index is 14.4. The van der Waals surface area contributed by atoms with E-state index in [0.717, 1.165) is 0 Å². The lowest BCUT2D eigenvalue weighted by molar-refractivity contribution is 0.353. The first kappa shape index (κ1) is 62.5. The fourth-order valence-electron chi connectivity index (χ4n) is 6.31. The third-order valence-electron chi connectivity index (χ3n) is 9.17. The van der Waals surface area contributed by atoms with Crippen molar-refractivity contribution < 1.29 is 155 Å². The molecule has 0 fully saturated rings. The van der Waals surface area contributed by atoms with Gasteiger partial charge in [0.2, 0.25) is 0 Å². The van der Waals surface area contributed by atoms with Gasteiger partial charge in [-0.2, -0.15) is 21.9 Å². The molecule has 0 aliphatic heterocycles. The fraction of sp³-hybridized carbons (Fsp3) is 0. The van der Waals surface area contributed by atoms with E-state index < -0.39 is 222 Å². The highest BCUT2D eigenvalue weighted by atomic mass is 32.5. The fourth-order valence-corrected chi connectivity index (χ4v) is 12.3. The van der Waals surface area contributed by atoms with Crippen molar-refractivity contribution in [3.8, 4) is 0 Å². The van der Waals surface area contributed by atoms with Crippen LogP contribution in [0.4, 0.5) is 155 Å². The molecular formula is C24H12BF40S8-. The van der Waals surface area contributed by atoms with E-state index in [-0.39, 0.29) is 0 Å². The Morgan fingerprint density at radius 1 is 0.151 bits per heavy atom. The second-order valence-electron chi connectivity index (χ2n) is 15.6. The quantitative estimate of drug-likeness (QED) is 0.0980. The van der Waals surface area contributed by atoms with E-state index in [2.05, 4.69) is 0 Å². The van der Waals surface area contributed by atoms with Gasteiger partial charge in [0.1, 0.15) is 45.3 Å². The Morgan fingerprint density at radius 3 is 0.301 bits per heavy atom. The number of hydrogen-bond donors (Lipinski definition) is 0. The number of halogens is 40. The van der Waals surface area contributed by atoms with Crippen molar-refractivity contribution in [2.45, 2.75) is 39.2 Å². The summed E-state index contributed by atoms with van der Waals surface area (Å²) in [5.41, 5.74) is -18.4. The van der Waals surface area contributed by atoms with Gasteiger partial charge in [0.25, 0.3) is 0 Å². The van der Waals surface area contributed by atoms with Crippen LogP contribution in [0.25, 0.3) is 0 Å². The molecule has 73 heavy (non-hydrogen) atoms. The summed E-state index contributed by atoms with van der Waals surface area (Å²) in [5, 5.41) is 0. The average molecular weight is 1330 g/mol. The predicted molar refractivity (Wildman–Crippen MR) is 201 cm³/mol. The van der Waals surface area contributed by atoms with Crippen molar-refractivity contribution in [1.82, 2.24) is 0 Å². The second kappa shape index (κ2) is 10.9. The van der Waals surface area contributed by atoms with E-state index in [9.17, 15) is 155 Å². The molecule has 0 aliphatic carbocycles. The van der Waals surface area contributed by atoms with Gasteiger partial charge in [-0.3, -0.25) is 0 Å². The summed E-state index contributed by atoms with van der Waals surface area (Å²) in [6, 6.07) is -33.2. The Balaban J connectivity index is 3.01. The molecule has 0 saturated heterocycles. The number of hydrogen-bond acceptors (Lipinski definition) is 0. The molecule has 0 unspecified atom stereocenters. The highest BCUT2D eigenvalue weighted by molar-refractivity contribution is 8.48. The summed E-state index contributed by atoms with van der Waals surface area (Å²) >= 11 is 0. The van der Waals surface area contributed by atoms with E-state index in [1.165, 1.54) is 0 Å². The van der Waals surface area contributed by atoms with Crippen LogP contribution >= 0.6 is 81.8 Å². The molecular weight excluding hydrogens is 1320 g/mol. The van der Waals surface area contributed by atoms with Crippen LogP contribution < -0.4 is 21.9 Å². The summed E-state index contributed by atoms with van der Waals surface area (Å²) in [6.07, 6.45) is -8.70. The Labute approximate surface area is 376 Å². The third kappa shape index (κ3) is 13.9. The van der Waals surface area contributed by atoms with Gasteiger partial charge in [-0.1, -0.05) is 204 Å². The molecule has 0 aliphatic rings. The molecule has 0 radical (unpaired) electrons. The Morgan fingerprint density at radius 2 is 0.233 bits per heavy atom. The lowest BCUT2D eigenvalue weighted by atomic mass is 9.13. The number of rotatable bonds is 12. The Hall–Kier alpha value is -3.06. The molecule has 0 aromatic heterocycles. The molecule has 0 N–H and O–H groups in total. The molecule has 0 spiro atoms. The van der Waals surface area contributed by atoms with E-state index in [1.807, 2.05) is 0 Å². The van der Waals surface area contributed by atoms with Gasteiger partial charge >= 0.3 is 81.8 Å². The van der Waals surface area contributed by atoms with Crippen LogP contribution in [0.2, 0.25) is 0 Å². The van der Waals surface area contributed by atoms with Crippen LogP contribution in [0, 0.1) is 0 Å². The van der Waals surface area contributed by atoms with Crippen molar-refractivity contribution in [2.24, 2.45) is 0 Å². The molecule has 4 aromatic rings. The first-order valence-corrected chi connectivity index (χ1v) is 31.5. The van der Waals surface area contributed by atoms with Gasteiger partial charge in [0, 0.05) is 0 Å². The summed E-state index contributed by atoms with van der Waals surface area (Å²) < 4.78 is 577. The molecule has 4 aromatic carbocycles. The molecule has 0 atom stereocenters. The summed E-state index contributed by atoms with van der Waals surface area (Å²) in [5.74, 6) is 0. The second-order valence-corrected chi connectivity index (χ2v) is 34.8. The van der Waals surface area contributed by atoms with Crippen molar-refractivity contribution in [3.05, 3.63) is 72.8 Å². The normalized spacial score (nSPS) is 23.0. The molecule has 440 valence electrons. The van der Waals surface area contributed by atoms with Gasteiger partial charge in [0.05, 0.1) is 0 Å². The smallest absolute Gasteiger partial charge is 0.192 e. The summed E-state index contributed by atoms with van der Waals surface area (Å²) in [7, 11) is -104. The summed E-state index contributed by atoms with van der Waals surface area (Å²) in [4.78, 5) is -42.0. The minimum absolute atomic E-state index is 2.72. The standard InChI is InChI=1S/C24H12BF40S8/c26-66(27,28,29,30)17-1-13(2-18(9-17)67(31,32,33,34)35)25(14-3-19(68(36,37,38,39)40)10-20(4-14)69(41,42,43,44)45,15-5-21(70(46,47,48,49)50)11-22(6-15)71(51,52,53,54)55)16-7-23(72(56,57,58,59)60)12-24(8-16)73(61,62,63,64)65/h1-12H/q-1. The van der Waals surface area contributed by atoms with E-state index in [4.69, 9.17) is 0 Å².